The van der Waals surface area contributed by atoms with Crippen LogP contribution in [0.1, 0.15) is 24.0 Å². The molecule has 0 saturated carbocycles. The lowest BCUT2D eigenvalue weighted by atomic mass is 10.0. The van der Waals surface area contributed by atoms with Crippen molar-refractivity contribution in [2.24, 2.45) is 0 Å². The van der Waals surface area contributed by atoms with Crippen LogP contribution in [0.2, 0.25) is 5.02 Å². The van der Waals surface area contributed by atoms with E-state index in [0.717, 1.165) is 32.5 Å². The van der Waals surface area contributed by atoms with E-state index in [1.807, 2.05) is 6.07 Å². The van der Waals surface area contributed by atoms with Crippen LogP contribution in [0.25, 0.3) is 6.08 Å². The first-order valence-corrected chi connectivity index (χ1v) is 9.32. The number of carbonyl (C=O) groups is 1. The van der Waals surface area contributed by atoms with Crippen LogP contribution in [0.5, 0.6) is 0 Å². The number of hydrogen-bond acceptors (Lipinski definition) is 5. The van der Waals surface area contributed by atoms with E-state index in [1.165, 1.54) is 23.2 Å². The fourth-order valence-electron chi connectivity index (χ4n) is 3.13. The number of rotatable bonds is 6. The number of nitrogens with one attached hydrogen (secondary N) is 2. The molecule has 0 spiro atoms. The average Bonchev–Trinajstić information content (AvgIpc) is 2.70. The Morgan fingerprint density at radius 1 is 1.24 bits per heavy atom. The number of halogens is 3. The molecule has 0 atom stereocenters. The van der Waals surface area contributed by atoms with Crippen LogP contribution in [0.15, 0.2) is 48.7 Å². The Morgan fingerprint density at radius 3 is 2.55 bits per heavy atom. The highest BCUT2D eigenvalue weighted by Gasteiger charge is 2.20. The molecular weight excluding hydrogens is 435 g/mol. The van der Waals surface area contributed by atoms with Crippen LogP contribution in [-0.2, 0) is 11.3 Å². The summed E-state index contributed by atoms with van der Waals surface area (Å²) in [6.45, 7) is 3.04. The van der Waals surface area contributed by atoms with Crippen molar-refractivity contribution < 1.29 is 10.0 Å². The van der Waals surface area contributed by atoms with Crippen molar-refractivity contribution in [2.75, 3.05) is 18.4 Å². The van der Waals surface area contributed by atoms with E-state index in [4.69, 9.17) is 16.8 Å². The van der Waals surface area contributed by atoms with Gasteiger partial charge in [0.2, 0.25) is 0 Å². The molecule has 0 bridgehead atoms. The first kappa shape index (κ1) is 25.2. The van der Waals surface area contributed by atoms with Gasteiger partial charge in [-0.15, -0.1) is 24.8 Å². The van der Waals surface area contributed by atoms with E-state index in [0.29, 0.717) is 22.4 Å². The molecule has 0 unspecified atom stereocenters. The molecule has 2 heterocycles. The van der Waals surface area contributed by atoms with Gasteiger partial charge in [0.15, 0.2) is 0 Å². The number of hydroxylamine groups is 1. The summed E-state index contributed by atoms with van der Waals surface area (Å²) in [5.74, 6) is 0.0533. The minimum absolute atomic E-state index is 0. The van der Waals surface area contributed by atoms with Gasteiger partial charge in [-0.3, -0.25) is 14.9 Å². The number of aromatic nitrogens is 1. The zero-order valence-corrected chi connectivity index (χ0v) is 18.1. The number of nitrogens with zero attached hydrogens (tertiary/aromatic N) is 2. The van der Waals surface area contributed by atoms with Crippen LogP contribution in [0.3, 0.4) is 0 Å². The van der Waals surface area contributed by atoms with Crippen molar-refractivity contribution in [3.8, 4) is 0 Å². The van der Waals surface area contributed by atoms with Crippen molar-refractivity contribution in [3.63, 3.8) is 0 Å². The highest BCUT2D eigenvalue weighted by Crippen LogP contribution is 2.24. The highest BCUT2D eigenvalue weighted by molar-refractivity contribution is 6.33. The Kier molecular flexibility index (Phi) is 11.0. The molecule has 0 radical (unpaired) electrons. The van der Waals surface area contributed by atoms with Gasteiger partial charge in [-0.25, -0.2) is 10.5 Å². The number of pyridine rings is 1. The van der Waals surface area contributed by atoms with Crippen LogP contribution in [-0.4, -0.2) is 40.1 Å². The number of hydrogen-bond donors (Lipinski definition) is 3. The minimum Gasteiger partial charge on any atom is -0.366 e. The molecule has 1 saturated heterocycles. The lowest BCUT2D eigenvalue weighted by Gasteiger charge is -2.32. The predicted octanol–water partition coefficient (Wildman–Crippen LogP) is 4.17. The van der Waals surface area contributed by atoms with Crippen molar-refractivity contribution in [2.45, 2.75) is 25.4 Å². The third-order valence-electron chi connectivity index (χ3n) is 4.58. The predicted molar refractivity (Wildman–Crippen MR) is 121 cm³/mol. The van der Waals surface area contributed by atoms with Crippen LogP contribution < -0.4 is 10.8 Å². The Hall–Kier alpha value is -1.83. The van der Waals surface area contributed by atoms with Crippen molar-refractivity contribution in [1.82, 2.24) is 15.4 Å². The largest absolute Gasteiger partial charge is 0.366 e. The van der Waals surface area contributed by atoms with Gasteiger partial charge in [0.05, 0.1) is 5.02 Å². The number of likely N-dealkylation sites (tertiary alicyclic amines) is 1. The maximum absolute atomic E-state index is 11.0. The van der Waals surface area contributed by atoms with E-state index < -0.39 is 5.91 Å². The quantitative estimate of drug-likeness (QED) is 0.343. The molecule has 6 nitrogen and oxygen atoms in total. The van der Waals surface area contributed by atoms with Crippen molar-refractivity contribution in [1.29, 1.82) is 0 Å². The Balaban J connectivity index is 0.00000210. The smallest absolute Gasteiger partial charge is 0.267 e. The maximum atomic E-state index is 11.0. The second kappa shape index (κ2) is 12.7. The van der Waals surface area contributed by atoms with E-state index in [2.05, 4.69) is 39.5 Å². The monoisotopic (exact) mass is 458 g/mol. The number of piperidine rings is 1. The van der Waals surface area contributed by atoms with Gasteiger partial charge in [-0.05, 0) is 36.1 Å². The second-order valence-electron chi connectivity index (χ2n) is 6.59. The molecule has 29 heavy (non-hydrogen) atoms. The van der Waals surface area contributed by atoms with Gasteiger partial charge in [0.1, 0.15) is 5.82 Å². The van der Waals surface area contributed by atoms with Gasteiger partial charge >= 0.3 is 0 Å². The van der Waals surface area contributed by atoms with Crippen LogP contribution in [0, 0.1) is 0 Å². The summed E-state index contributed by atoms with van der Waals surface area (Å²) >= 11 is 6.31. The normalized spacial score (nSPS) is 14.7. The average molecular weight is 460 g/mol. The minimum atomic E-state index is -0.601. The third kappa shape index (κ3) is 7.84. The van der Waals surface area contributed by atoms with Gasteiger partial charge in [-0.2, -0.15) is 0 Å². The molecule has 1 aliphatic rings. The molecule has 3 N–H and O–H groups in total. The summed E-state index contributed by atoms with van der Waals surface area (Å²) in [6.07, 6.45) is 6.45. The first-order valence-electron chi connectivity index (χ1n) is 8.94. The lowest BCUT2D eigenvalue weighted by molar-refractivity contribution is -0.124. The number of carbonyl (C=O) groups excluding carboxylic acids is 1. The van der Waals surface area contributed by atoms with Crippen LogP contribution >= 0.6 is 36.4 Å². The fraction of sp³-hybridized carbons (Fsp3) is 0.300. The van der Waals surface area contributed by atoms with Crippen molar-refractivity contribution in [3.05, 3.63) is 64.8 Å². The molecular formula is C20H25Cl3N4O2. The Labute approximate surface area is 188 Å². The topological polar surface area (TPSA) is 77.5 Å². The molecule has 2 aromatic rings. The zero-order chi connectivity index (χ0) is 19.1. The highest BCUT2D eigenvalue weighted by atomic mass is 35.5. The Bertz CT molecular complexity index is 798. The number of benzene rings is 1. The molecule has 1 amide bonds. The molecule has 3 rings (SSSR count). The molecule has 158 valence electrons. The summed E-state index contributed by atoms with van der Waals surface area (Å²) in [6, 6.07) is 12.6. The second-order valence-corrected chi connectivity index (χ2v) is 7.00. The summed E-state index contributed by atoms with van der Waals surface area (Å²) in [7, 11) is 0. The van der Waals surface area contributed by atoms with E-state index in [1.54, 1.807) is 12.3 Å². The lowest BCUT2D eigenvalue weighted by Crippen LogP contribution is -2.38. The maximum Gasteiger partial charge on any atom is 0.267 e. The van der Waals surface area contributed by atoms with Gasteiger partial charge in [0.25, 0.3) is 5.91 Å². The number of amides is 1. The van der Waals surface area contributed by atoms with E-state index in [-0.39, 0.29) is 24.8 Å². The standard InChI is InChI=1S/C20H23ClN4O2.2ClH/c21-18-12-16(6-7-19(26)24-27)13-22-20(18)23-17-8-10-25(11-9-17)14-15-4-2-1-3-5-15;;/h1-7,12-13,17,27H,8-11,14H2,(H,22,23)(H,24,26);2*1H/b7-6+;;. The van der Waals surface area contributed by atoms with E-state index >= 15 is 0 Å². The molecule has 1 aliphatic heterocycles. The third-order valence-corrected chi connectivity index (χ3v) is 4.87. The number of anilines is 1. The van der Waals surface area contributed by atoms with Gasteiger partial charge < -0.3 is 5.32 Å². The molecule has 9 heteroatoms. The fourth-order valence-corrected chi connectivity index (χ4v) is 3.36. The summed E-state index contributed by atoms with van der Waals surface area (Å²) in [5.41, 5.74) is 3.57. The zero-order valence-electron chi connectivity index (χ0n) is 15.8. The van der Waals surface area contributed by atoms with Crippen molar-refractivity contribution >= 4 is 54.2 Å². The van der Waals surface area contributed by atoms with E-state index in [9.17, 15) is 4.79 Å². The SMILES string of the molecule is Cl.Cl.O=C(/C=C/c1cnc(NC2CCN(Cc3ccccc3)CC2)c(Cl)c1)NO. The molecule has 1 aromatic carbocycles. The van der Waals surface area contributed by atoms with Gasteiger partial charge in [0, 0.05) is 37.9 Å². The summed E-state index contributed by atoms with van der Waals surface area (Å²) < 4.78 is 0. The summed E-state index contributed by atoms with van der Waals surface area (Å²) in [4.78, 5) is 17.8. The Morgan fingerprint density at radius 2 is 1.93 bits per heavy atom. The molecule has 0 aliphatic carbocycles. The molecule has 1 aromatic heterocycles. The molecule has 1 fully saturated rings. The van der Waals surface area contributed by atoms with Gasteiger partial charge in [-0.1, -0.05) is 41.9 Å². The first-order chi connectivity index (χ1) is 13.1. The van der Waals surface area contributed by atoms with Crippen LogP contribution in [0.4, 0.5) is 5.82 Å². The summed E-state index contributed by atoms with van der Waals surface area (Å²) in [5, 5.41) is 12.4.